The van der Waals surface area contributed by atoms with Crippen molar-refractivity contribution in [2.75, 3.05) is 19.0 Å². The second kappa shape index (κ2) is 4.45. The van der Waals surface area contributed by atoms with Crippen LogP contribution in [0, 0.1) is 6.92 Å². The minimum Gasteiger partial charge on any atom is -0.467 e. The van der Waals surface area contributed by atoms with Crippen molar-refractivity contribution in [2.45, 2.75) is 6.92 Å². The highest BCUT2D eigenvalue weighted by Crippen LogP contribution is 2.10. The van der Waals surface area contributed by atoms with Gasteiger partial charge in [0.1, 0.15) is 5.82 Å². The van der Waals surface area contributed by atoms with Crippen LogP contribution in [0.1, 0.15) is 5.69 Å². The normalized spacial score (nSPS) is 9.38. The van der Waals surface area contributed by atoms with E-state index in [1.54, 1.807) is 13.2 Å². The van der Waals surface area contributed by atoms with E-state index in [2.05, 4.69) is 21.9 Å². The zero-order valence-corrected chi connectivity index (χ0v) is 7.87. The highest BCUT2D eigenvalue weighted by molar-refractivity contribution is 5.37. The number of nitrogens with one attached hydrogen (secondary N) is 1. The van der Waals surface area contributed by atoms with Gasteiger partial charge in [-0.3, -0.25) is 0 Å². The molecule has 0 atom stereocenters. The number of hydrogen-bond donors (Lipinski definition) is 1. The lowest BCUT2D eigenvalue weighted by molar-refractivity contribution is 0.379. The molecule has 0 aliphatic carbocycles. The van der Waals surface area contributed by atoms with Crippen molar-refractivity contribution in [2.24, 2.45) is 0 Å². The Morgan fingerprint density at radius 3 is 3.00 bits per heavy atom. The van der Waals surface area contributed by atoms with E-state index in [1.165, 1.54) is 0 Å². The van der Waals surface area contributed by atoms with Crippen LogP contribution >= 0.6 is 0 Å². The van der Waals surface area contributed by atoms with Crippen LogP contribution in [-0.4, -0.2) is 23.6 Å². The molecule has 1 aromatic heterocycles. The summed E-state index contributed by atoms with van der Waals surface area (Å²) in [7, 11) is 1.55. The van der Waals surface area contributed by atoms with Crippen molar-refractivity contribution in [1.29, 1.82) is 0 Å². The predicted octanol–water partition coefficient (Wildman–Crippen LogP) is 1.39. The number of hydrogen-bond acceptors (Lipinski definition) is 4. The van der Waals surface area contributed by atoms with Crippen molar-refractivity contribution >= 4 is 5.82 Å². The Morgan fingerprint density at radius 2 is 2.38 bits per heavy atom. The van der Waals surface area contributed by atoms with E-state index in [0.29, 0.717) is 12.6 Å². The SMILES string of the molecule is C=CCNc1cc(C)nc(OC)n1. The zero-order valence-electron chi connectivity index (χ0n) is 7.87. The fourth-order valence-corrected chi connectivity index (χ4v) is 0.900. The molecule has 0 saturated carbocycles. The van der Waals surface area contributed by atoms with Crippen LogP contribution in [0.4, 0.5) is 5.82 Å². The maximum Gasteiger partial charge on any atom is 0.318 e. The maximum atomic E-state index is 4.93. The van der Waals surface area contributed by atoms with Crippen LogP contribution in [0.25, 0.3) is 0 Å². The molecule has 0 fully saturated rings. The number of aromatic nitrogens is 2. The van der Waals surface area contributed by atoms with Gasteiger partial charge in [0.15, 0.2) is 0 Å². The average molecular weight is 179 g/mol. The second-order valence-corrected chi connectivity index (χ2v) is 2.55. The third-order valence-electron chi connectivity index (χ3n) is 1.44. The van der Waals surface area contributed by atoms with Crippen LogP contribution in [0.2, 0.25) is 0 Å². The fourth-order valence-electron chi connectivity index (χ4n) is 0.900. The number of anilines is 1. The second-order valence-electron chi connectivity index (χ2n) is 2.55. The largest absolute Gasteiger partial charge is 0.467 e. The van der Waals surface area contributed by atoms with Crippen molar-refractivity contribution in [1.82, 2.24) is 9.97 Å². The van der Waals surface area contributed by atoms with E-state index in [4.69, 9.17) is 4.74 Å². The molecule has 4 heteroatoms. The van der Waals surface area contributed by atoms with Gasteiger partial charge in [-0.1, -0.05) is 6.08 Å². The number of ether oxygens (including phenoxy) is 1. The third-order valence-corrected chi connectivity index (χ3v) is 1.44. The van der Waals surface area contributed by atoms with Gasteiger partial charge < -0.3 is 10.1 Å². The summed E-state index contributed by atoms with van der Waals surface area (Å²) in [4.78, 5) is 8.16. The van der Waals surface area contributed by atoms with Gasteiger partial charge in [-0.2, -0.15) is 4.98 Å². The quantitative estimate of drug-likeness (QED) is 0.709. The summed E-state index contributed by atoms with van der Waals surface area (Å²) < 4.78 is 4.93. The lowest BCUT2D eigenvalue weighted by Gasteiger charge is -2.04. The van der Waals surface area contributed by atoms with Gasteiger partial charge in [0.05, 0.1) is 7.11 Å². The predicted molar refractivity (Wildman–Crippen MR) is 52.0 cm³/mol. The maximum absolute atomic E-state index is 4.93. The molecule has 0 aliphatic rings. The van der Waals surface area contributed by atoms with Crippen LogP contribution in [0.3, 0.4) is 0 Å². The minimum atomic E-state index is 0.381. The molecule has 1 aromatic rings. The molecule has 0 saturated heterocycles. The van der Waals surface area contributed by atoms with E-state index in [-0.39, 0.29) is 0 Å². The Balaban J connectivity index is 2.81. The summed E-state index contributed by atoms with van der Waals surface area (Å²) in [6.07, 6.45) is 1.77. The van der Waals surface area contributed by atoms with E-state index >= 15 is 0 Å². The molecule has 0 amide bonds. The topological polar surface area (TPSA) is 47.0 Å². The summed E-state index contributed by atoms with van der Waals surface area (Å²) in [5.41, 5.74) is 0.874. The summed E-state index contributed by atoms with van der Waals surface area (Å²) in [5, 5.41) is 3.06. The molecule has 1 heterocycles. The molecule has 0 radical (unpaired) electrons. The smallest absolute Gasteiger partial charge is 0.318 e. The van der Waals surface area contributed by atoms with E-state index in [1.807, 2.05) is 13.0 Å². The Kier molecular flexibility index (Phi) is 3.25. The molecule has 0 bridgehead atoms. The molecular weight excluding hydrogens is 166 g/mol. The fraction of sp³-hybridized carbons (Fsp3) is 0.333. The average Bonchev–Trinajstić information content (AvgIpc) is 2.14. The van der Waals surface area contributed by atoms with Crippen LogP contribution in [-0.2, 0) is 0 Å². The lowest BCUT2D eigenvalue weighted by atomic mass is 10.4. The first-order valence-electron chi connectivity index (χ1n) is 4.00. The molecule has 0 aromatic carbocycles. The van der Waals surface area contributed by atoms with Gasteiger partial charge in [-0.05, 0) is 6.92 Å². The first kappa shape index (κ1) is 9.51. The van der Waals surface area contributed by atoms with Crippen molar-refractivity contribution < 1.29 is 4.74 Å². The van der Waals surface area contributed by atoms with Crippen molar-refractivity contribution in [3.8, 4) is 6.01 Å². The van der Waals surface area contributed by atoms with E-state index in [0.717, 1.165) is 11.5 Å². The molecular formula is C9H13N3O. The van der Waals surface area contributed by atoms with E-state index in [9.17, 15) is 0 Å². The van der Waals surface area contributed by atoms with Gasteiger partial charge in [-0.15, -0.1) is 6.58 Å². The minimum absolute atomic E-state index is 0.381. The molecule has 4 nitrogen and oxygen atoms in total. The van der Waals surface area contributed by atoms with Gasteiger partial charge in [0, 0.05) is 18.3 Å². The summed E-state index contributed by atoms with van der Waals surface area (Å²) >= 11 is 0. The first-order valence-corrected chi connectivity index (χ1v) is 4.00. The monoisotopic (exact) mass is 179 g/mol. The summed E-state index contributed by atoms with van der Waals surface area (Å²) in [6, 6.07) is 2.23. The molecule has 0 aliphatic heterocycles. The van der Waals surface area contributed by atoms with Gasteiger partial charge >= 0.3 is 6.01 Å². The summed E-state index contributed by atoms with van der Waals surface area (Å²) in [6.45, 7) is 6.18. The molecule has 1 N–H and O–H groups in total. The molecule has 1 rings (SSSR count). The van der Waals surface area contributed by atoms with E-state index < -0.39 is 0 Å². The van der Waals surface area contributed by atoms with Crippen LogP contribution in [0.15, 0.2) is 18.7 Å². The Morgan fingerprint density at radius 1 is 1.62 bits per heavy atom. The Bertz CT molecular complexity index is 299. The number of methoxy groups -OCH3 is 1. The zero-order chi connectivity index (χ0) is 9.68. The Hall–Kier alpha value is -1.58. The molecule has 13 heavy (non-hydrogen) atoms. The third kappa shape index (κ3) is 2.74. The summed E-state index contributed by atoms with van der Waals surface area (Å²) in [5.74, 6) is 0.754. The number of aryl methyl sites for hydroxylation is 1. The standard InChI is InChI=1S/C9H13N3O/c1-4-5-10-8-6-7(2)11-9(12-8)13-3/h4,6H,1,5H2,2-3H3,(H,10,11,12). The van der Waals surface area contributed by atoms with Gasteiger partial charge in [0.25, 0.3) is 0 Å². The molecule has 0 spiro atoms. The van der Waals surface area contributed by atoms with Crippen LogP contribution in [0.5, 0.6) is 6.01 Å². The first-order chi connectivity index (χ1) is 6.26. The molecule has 0 unspecified atom stereocenters. The highest BCUT2D eigenvalue weighted by Gasteiger charge is 1.99. The van der Waals surface area contributed by atoms with Crippen LogP contribution < -0.4 is 10.1 Å². The van der Waals surface area contributed by atoms with Gasteiger partial charge in [-0.25, -0.2) is 4.98 Å². The van der Waals surface area contributed by atoms with Crippen molar-refractivity contribution in [3.63, 3.8) is 0 Å². The molecule has 70 valence electrons. The highest BCUT2D eigenvalue weighted by atomic mass is 16.5. The number of rotatable bonds is 4. The number of nitrogens with zero attached hydrogens (tertiary/aromatic N) is 2. The van der Waals surface area contributed by atoms with Gasteiger partial charge in [0.2, 0.25) is 0 Å². The van der Waals surface area contributed by atoms with Crippen molar-refractivity contribution in [3.05, 3.63) is 24.4 Å². The lowest BCUT2D eigenvalue weighted by Crippen LogP contribution is -2.03. The Labute approximate surface area is 77.7 Å².